The van der Waals surface area contributed by atoms with E-state index in [4.69, 9.17) is 0 Å². The molecule has 1 heterocycles. The molecule has 0 unspecified atom stereocenters. The first-order valence-corrected chi connectivity index (χ1v) is 12.5. The van der Waals surface area contributed by atoms with Gasteiger partial charge in [-0.05, 0) is 29.5 Å². The number of nitrogens with zero attached hydrogens (tertiary/aromatic N) is 2. The van der Waals surface area contributed by atoms with Crippen molar-refractivity contribution in [3.05, 3.63) is 120 Å². The number of rotatable bonds is 5. The zero-order valence-electron chi connectivity index (χ0n) is 19.4. The van der Waals surface area contributed by atoms with Crippen LogP contribution in [0.5, 0.6) is 0 Å². The predicted molar refractivity (Wildman–Crippen MR) is 139 cm³/mol. The molecule has 1 saturated carbocycles. The molecule has 0 saturated heterocycles. The quantitative estimate of drug-likeness (QED) is 0.402. The standard InChI is InChI=1S/C31H34N2/c1-2-13-21-29(22-14-3-1)33-30(27-17-9-5-10-18-27)24-32(23-26-15-7-4-8-16-26)25-31(33)28-19-11-6-12-20-28/h4-12,15-20,24-25,29H,1-3,13-14,21-23H2. The largest absolute Gasteiger partial charge is 0.346 e. The molecule has 0 N–H and O–H groups in total. The summed E-state index contributed by atoms with van der Waals surface area (Å²) in [5.74, 6) is 0. The Balaban J connectivity index is 1.59. The van der Waals surface area contributed by atoms with Gasteiger partial charge in [-0.3, -0.25) is 0 Å². The van der Waals surface area contributed by atoms with Gasteiger partial charge in [-0.2, -0.15) is 0 Å². The molecule has 1 aliphatic carbocycles. The molecule has 3 aromatic carbocycles. The molecule has 2 nitrogen and oxygen atoms in total. The highest BCUT2D eigenvalue weighted by Gasteiger charge is 2.30. The van der Waals surface area contributed by atoms with E-state index in [2.05, 4.69) is 113 Å². The molecular weight excluding hydrogens is 400 g/mol. The molecule has 1 aliphatic heterocycles. The smallest absolute Gasteiger partial charge is 0.0652 e. The second kappa shape index (κ2) is 10.6. The molecule has 33 heavy (non-hydrogen) atoms. The molecule has 0 spiro atoms. The number of hydrogen-bond donors (Lipinski definition) is 0. The van der Waals surface area contributed by atoms with Crippen molar-refractivity contribution in [3.8, 4) is 0 Å². The van der Waals surface area contributed by atoms with Crippen molar-refractivity contribution in [2.24, 2.45) is 0 Å². The van der Waals surface area contributed by atoms with Gasteiger partial charge >= 0.3 is 0 Å². The van der Waals surface area contributed by atoms with Crippen molar-refractivity contribution in [3.63, 3.8) is 0 Å². The van der Waals surface area contributed by atoms with Crippen LogP contribution in [0.3, 0.4) is 0 Å². The third-order valence-corrected chi connectivity index (χ3v) is 6.88. The highest BCUT2D eigenvalue weighted by molar-refractivity contribution is 5.79. The van der Waals surface area contributed by atoms with Crippen molar-refractivity contribution >= 4 is 11.4 Å². The van der Waals surface area contributed by atoms with Crippen LogP contribution in [-0.4, -0.2) is 15.8 Å². The van der Waals surface area contributed by atoms with Gasteiger partial charge in [0.25, 0.3) is 0 Å². The lowest BCUT2D eigenvalue weighted by Gasteiger charge is -2.42. The molecule has 5 rings (SSSR count). The van der Waals surface area contributed by atoms with Crippen molar-refractivity contribution in [2.75, 3.05) is 0 Å². The van der Waals surface area contributed by atoms with E-state index in [1.807, 2.05) is 0 Å². The lowest BCUT2D eigenvalue weighted by molar-refractivity contribution is 0.304. The van der Waals surface area contributed by atoms with E-state index in [-0.39, 0.29) is 0 Å². The summed E-state index contributed by atoms with van der Waals surface area (Å²) in [6, 6.07) is 33.2. The van der Waals surface area contributed by atoms with Crippen molar-refractivity contribution in [2.45, 2.75) is 57.5 Å². The van der Waals surface area contributed by atoms with Crippen molar-refractivity contribution < 1.29 is 0 Å². The Labute approximate surface area is 198 Å². The summed E-state index contributed by atoms with van der Waals surface area (Å²) in [7, 11) is 0. The topological polar surface area (TPSA) is 6.48 Å². The van der Waals surface area contributed by atoms with E-state index in [1.54, 1.807) is 0 Å². The van der Waals surface area contributed by atoms with Crippen LogP contribution in [0.4, 0.5) is 0 Å². The molecule has 3 aromatic rings. The summed E-state index contributed by atoms with van der Waals surface area (Å²) < 4.78 is 0. The molecule has 0 aromatic heterocycles. The fourth-order valence-corrected chi connectivity index (χ4v) is 5.22. The minimum absolute atomic E-state index is 0.530. The second-order valence-electron chi connectivity index (χ2n) is 9.29. The molecule has 168 valence electrons. The van der Waals surface area contributed by atoms with Crippen molar-refractivity contribution in [1.29, 1.82) is 0 Å². The van der Waals surface area contributed by atoms with Gasteiger partial charge in [0, 0.05) is 25.0 Å². The Morgan fingerprint density at radius 1 is 0.545 bits per heavy atom. The molecule has 2 heteroatoms. The molecule has 0 bridgehead atoms. The molecule has 0 atom stereocenters. The highest BCUT2D eigenvalue weighted by Crippen LogP contribution is 2.39. The summed E-state index contributed by atoms with van der Waals surface area (Å²) in [5, 5.41) is 0. The van der Waals surface area contributed by atoms with Gasteiger partial charge in [0.15, 0.2) is 0 Å². The van der Waals surface area contributed by atoms with Gasteiger partial charge in [-0.15, -0.1) is 0 Å². The van der Waals surface area contributed by atoms with Crippen LogP contribution in [0.2, 0.25) is 0 Å². The molecule has 1 fully saturated rings. The monoisotopic (exact) mass is 434 g/mol. The van der Waals surface area contributed by atoms with E-state index in [9.17, 15) is 0 Å². The minimum atomic E-state index is 0.530. The summed E-state index contributed by atoms with van der Waals surface area (Å²) in [4.78, 5) is 5.04. The third-order valence-electron chi connectivity index (χ3n) is 6.88. The lowest BCUT2D eigenvalue weighted by Crippen LogP contribution is -2.37. The maximum atomic E-state index is 2.66. The van der Waals surface area contributed by atoms with Crippen LogP contribution in [0, 0.1) is 0 Å². The van der Waals surface area contributed by atoms with E-state index in [1.165, 1.54) is 73.0 Å². The van der Waals surface area contributed by atoms with E-state index in [0.29, 0.717) is 6.04 Å². The van der Waals surface area contributed by atoms with Crippen LogP contribution < -0.4 is 0 Å². The Hall–Kier alpha value is -3.26. The second-order valence-corrected chi connectivity index (χ2v) is 9.29. The average molecular weight is 435 g/mol. The Kier molecular flexibility index (Phi) is 6.91. The predicted octanol–water partition coefficient (Wildman–Crippen LogP) is 7.91. The summed E-state index contributed by atoms with van der Waals surface area (Å²) in [6.07, 6.45) is 14.0. The van der Waals surface area contributed by atoms with Gasteiger partial charge in [0.2, 0.25) is 0 Å². The SMILES string of the molecule is C1=C(c2ccccc2)N(C2CCCCCCC2)C(c2ccccc2)=CN1Cc1ccccc1. The van der Waals surface area contributed by atoms with Crippen LogP contribution in [-0.2, 0) is 6.54 Å². The summed E-state index contributed by atoms with van der Waals surface area (Å²) in [6.45, 7) is 0.867. The van der Waals surface area contributed by atoms with E-state index < -0.39 is 0 Å². The fourth-order valence-electron chi connectivity index (χ4n) is 5.22. The van der Waals surface area contributed by atoms with Gasteiger partial charge in [0.1, 0.15) is 0 Å². The molecule has 0 radical (unpaired) electrons. The van der Waals surface area contributed by atoms with Gasteiger partial charge in [0.05, 0.1) is 11.4 Å². The normalized spacial score (nSPS) is 17.7. The average Bonchev–Trinajstić information content (AvgIpc) is 2.85. The van der Waals surface area contributed by atoms with Gasteiger partial charge in [-0.25, -0.2) is 0 Å². The lowest BCUT2D eigenvalue weighted by atomic mass is 9.92. The first-order valence-electron chi connectivity index (χ1n) is 12.5. The van der Waals surface area contributed by atoms with Gasteiger partial charge < -0.3 is 9.80 Å². The zero-order chi connectivity index (χ0) is 22.3. The molecule has 2 aliphatic rings. The minimum Gasteiger partial charge on any atom is -0.346 e. The molecular formula is C31H34N2. The maximum absolute atomic E-state index is 2.66. The van der Waals surface area contributed by atoms with E-state index >= 15 is 0 Å². The zero-order valence-corrected chi connectivity index (χ0v) is 19.4. The van der Waals surface area contributed by atoms with Crippen LogP contribution >= 0.6 is 0 Å². The summed E-state index contributed by atoms with van der Waals surface area (Å²) >= 11 is 0. The Morgan fingerprint density at radius 3 is 1.52 bits per heavy atom. The fraction of sp³-hybridized carbons (Fsp3) is 0.290. The van der Waals surface area contributed by atoms with E-state index in [0.717, 1.165) is 6.54 Å². The third kappa shape index (κ3) is 5.22. The van der Waals surface area contributed by atoms with Crippen molar-refractivity contribution in [1.82, 2.24) is 9.80 Å². The maximum Gasteiger partial charge on any atom is 0.0652 e. The highest BCUT2D eigenvalue weighted by atomic mass is 15.3. The first-order chi connectivity index (χ1) is 16.4. The van der Waals surface area contributed by atoms with Crippen LogP contribution in [0.15, 0.2) is 103 Å². The Bertz CT molecular complexity index is 1000. The summed E-state index contributed by atoms with van der Waals surface area (Å²) in [5.41, 5.74) is 6.54. The number of hydrogen-bond acceptors (Lipinski definition) is 2. The first kappa shape index (κ1) is 21.6. The molecule has 0 amide bonds. The number of benzene rings is 3. The van der Waals surface area contributed by atoms with Gasteiger partial charge in [-0.1, -0.05) is 123 Å². The Morgan fingerprint density at radius 2 is 1.00 bits per heavy atom. The van der Waals surface area contributed by atoms with Crippen LogP contribution in [0.1, 0.15) is 61.6 Å². The van der Waals surface area contributed by atoms with Crippen LogP contribution in [0.25, 0.3) is 11.4 Å².